The summed E-state index contributed by atoms with van der Waals surface area (Å²) >= 11 is 0. The maximum atomic E-state index is 12.9. The smallest absolute Gasteiger partial charge is 0.254 e. The van der Waals surface area contributed by atoms with Gasteiger partial charge < -0.3 is 10.2 Å². The van der Waals surface area contributed by atoms with Gasteiger partial charge in [0.2, 0.25) is 10.0 Å². The second-order valence-corrected chi connectivity index (χ2v) is 8.06. The summed E-state index contributed by atoms with van der Waals surface area (Å²) in [5.41, 5.74) is 1.27. The lowest BCUT2D eigenvalue weighted by Gasteiger charge is -2.33. The van der Waals surface area contributed by atoms with Gasteiger partial charge in [0.1, 0.15) is 0 Å². The van der Waals surface area contributed by atoms with Crippen LogP contribution < -0.4 is 10.0 Å². The number of carbonyl (C=O) groups is 1. The summed E-state index contributed by atoms with van der Waals surface area (Å²) in [5, 5.41) is 3.17. The van der Waals surface area contributed by atoms with Crippen molar-refractivity contribution in [3.8, 4) is 0 Å². The first-order chi connectivity index (χ1) is 11.4. The molecular formula is C17H27N3O3S. The van der Waals surface area contributed by atoms with E-state index in [4.69, 9.17) is 0 Å². The van der Waals surface area contributed by atoms with Crippen LogP contribution in [0.4, 0.5) is 0 Å². The van der Waals surface area contributed by atoms with Gasteiger partial charge >= 0.3 is 0 Å². The first-order valence-corrected chi connectivity index (χ1v) is 9.91. The summed E-state index contributed by atoms with van der Waals surface area (Å²) in [6.45, 7) is 6.21. The Morgan fingerprint density at radius 3 is 2.79 bits per heavy atom. The number of aryl methyl sites for hydroxylation is 1. The highest BCUT2D eigenvalue weighted by molar-refractivity contribution is 7.89. The fourth-order valence-corrected chi connectivity index (χ4v) is 4.21. The summed E-state index contributed by atoms with van der Waals surface area (Å²) < 4.78 is 26.8. The normalized spacial score (nSPS) is 18.6. The largest absolute Gasteiger partial charge is 0.338 e. The summed E-state index contributed by atoms with van der Waals surface area (Å²) in [5.74, 6) is 0.364. The lowest BCUT2D eigenvalue weighted by atomic mass is 9.97. The van der Waals surface area contributed by atoms with Crippen molar-refractivity contribution in [3.05, 3.63) is 29.3 Å². The van der Waals surface area contributed by atoms with Gasteiger partial charge in [-0.15, -0.1) is 0 Å². The van der Waals surface area contributed by atoms with E-state index in [9.17, 15) is 13.2 Å². The van der Waals surface area contributed by atoms with Crippen LogP contribution in [-0.2, 0) is 10.0 Å². The molecule has 1 aromatic carbocycles. The molecule has 0 radical (unpaired) electrons. The highest BCUT2D eigenvalue weighted by atomic mass is 32.2. The molecule has 134 valence electrons. The number of sulfonamides is 1. The number of amides is 1. The van der Waals surface area contributed by atoms with Crippen molar-refractivity contribution in [2.24, 2.45) is 5.92 Å². The van der Waals surface area contributed by atoms with Crippen molar-refractivity contribution < 1.29 is 13.2 Å². The maximum absolute atomic E-state index is 12.9. The molecular weight excluding hydrogens is 326 g/mol. The Labute approximate surface area is 144 Å². The van der Waals surface area contributed by atoms with E-state index in [0.29, 0.717) is 24.6 Å². The van der Waals surface area contributed by atoms with Crippen molar-refractivity contribution >= 4 is 15.9 Å². The van der Waals surface area contributed by atoms with Gasteiger partial charge in [-0.2, -0.15) is 0 Å². The Kier molecular flexibility index (Phi) is 6.37. The van der Waals surface area contributed by atoms with E-state index in [1.165, 1.54) is 6.07 Å². The van der Waals surface area contributed by atoms with Gasteiger partial charge in [0.25, 0.3) is 5.91 Å². The quantitative estimate of drug-likeness (QED) is 0.809. The number of benzene rings is 1. The summed E-state index contributed by atoms with van der Waals surface area (Å²) in [6.07, 6.45) is 2.09. The monoisotopic (exact) mass is 353 g/mol. The lowest BCUT2D eigenvalue weighted by Crippen LogP contribution is -2.42. The molecule has 1 fully saturated rings. The van der Waals surface area contributed by atoms with Crippen LogP contribution in [-0.4, -0.2) is 52.5 Å². The average molecular weight is 353 g/mol. The number of rotatable bonds is 6. The molecule has 7 heteroatoms. The van der Waals surface area contributed by atoms with Crippen LogP contribution >= 0.6 is 0 Å². The zero-order chi connectivity index (χ0) is 17.7. The first kappa shape index (κ1) is 18.9. The highest BCUT2D eigenvalue weighted by Crippen LogP contribution is 2.21. The van der Waals surface area contributed by atoms with Gasteiger partial charge in [-0.1, -0.05) is 13.0 Å². The number of nitrogens with zero attached hydrogens (tertiary/aromatic N) is 1. The van der Waals surface area contributed by atoms with E-state index in [-0.39, 0.29) is 10.8 Å². The van der Waals surface area contributed by atoms with Crippen molar-refractivity contribution in [2.75, 3.05) is 33.2 Å². The van der Waals surface area contributed by atoms with Crippen LogP contribution in [0.2, 0.25) is 0 Å². The van der Waals surface area contributed by atoms with Gasteiger partial charge in [0, 0.05) is 25.2 Å². The van der Waals surface area contributed by atoms with Gasteiger partial charge in [-0.05, 0) is 57.0 Å². The predicted octanol–water partition coefficient (Wildman–Crippen LogP) is 1.36. The Hall–Kier alpha value is -1.44. The zero-order valence-corrected chi connectivity index (χ0v) is 15.4. The Morgan fingerprint density at radius 2 is 2.12 bits per heavy atom. The zero-order valence-electron chi connectivity index (χ0n) is 14.6. The summed E-state index contributed by atoms with van der Waals surface area (Å²) in [6, 6.07) is 4.74. The minimum atomic E-state index is -3.56. The standard InChI is InChI=1S/C17H27N3O3S/c1-4-19-24(22,23)15-8-7-13(2)16(10-15)17(21)20-9-5-6-14(12-20)11-18-3/h7-8,10,14,18-19H,4-6,9,11-12H2,1-3H3. The average Bonchev–Trinajstić information content (AvgIpc) is 2.55. The van der Waals surface area contributed by atoms with E-state index in [0.717, 1.165) is 31.5 Å². The molecule has 1 atom stereocenters. The van der Waals surface area contributed by atoms with Crippen molar-refractivity contribution in [3.63, 3.8) is 0 Å². The van der Waals surface area contributed by atoms with Crippen molar-refractivity contribution in [1.29, 1.82) is 0 Å². The maximum Gasteiger partial charge on any atom is 0.254 e. The SMILES string of the molecule is CCNS(=O)(=O)c1ccc(C)c(C(=O)N2CCCC(CNC)C2)c1. The molecule has 0 aromatic heterocycles. The molecule has 1 unspecified atom stereocenters. The molecule has 24 heavy (non-hydrogen) atoms. The minimum Gasteiger partial charge on any atom is -0.338 e. The first-order valence-electron chi connectivity index (χ1n) is 8.43. The third kappa shape index (κ3) is 4.34. The molecule has 1 aromatic rings. The molecule has 0 aliphatic carbocycles. The molecule has 1 heterocycles. The highest BCUT2D eigenvalue weighted by Gasteiger charge is 2.26. The number of carbonyl (C=O) groups excluding carboxylic acids is 1. The van der Waals surface area contributed by atoms with Gasteiger partial charge in [-0.25, -0.2) is 13.1 Å². The van der Waals surface area contributed by atoms with Crippen molar-refractivity contribution in [1.82, 2.24) is 14.9 Å². The molecule has 1 amide bonds. The van der Waals surface area contributed by atoms with Crippen LogP contribution in [0.1, 0.15) is 35.7 Å². The third-order valence-electron chi connectivity index (χ3n) is 4.38. The van der Waals surface area contributed by atoms with Gasteiger partial charge in [0.15, 0.2) is 0 Å². The molecule has 0 bridgehead atoms. The van der Waals surface area contributed by atoms with E-state index in [1.807, 2.05) is 18.9 Å². The number of hydrogen-bond acceptors (Lipinski definition) is 4. The molecule has 1 aliphatic heterocycles. The van der Waals surface area contributed by atoms with Gasteiger partial charge in [-0.3, -0.25) is 4.79 Å². The summed E-state index contributed by atoms with van der Waals surface area (Å²) in [7, 11) is -1.65. The van der Waals surface area contributed by atoms with Crippen LogP contribution in [0, 0.1) is 12.8 Å². The molecule has 0 saturated carbocycles. The molecule has 2 rings (SSSR count). The van der Waals surface area contributed by atoms with E-state index in [2.05, 4.69) is 10.0 Å². The van der Waals surface area contributed by atoms with Crippen molar-refractivity contribution in [2.45, 2.75) is 31.6 Å². The van der Waals surface area contributed by atoms with Crippen LogP contribution in [0.5, 0.6) is 0 Å². The van der Waals surface area contributed by atoms with E-state index in [1.54, 1.807) is 19.1 Å². The minimum absolute atomic E-state index is 0.0816. The summed E-state index contributed by atoms with van der Waals surface area (Å²) in [4.78, 5) is 14.9. The topological polar surface area (TPSA) is 78.5 Å². The predicted molar refractivity (Wildman–Crippen MR) is 94.6 cm³/mol. The van der Waals surface area contributed by atoms with E-state index >= 15 is 0 Å². The number of likely N-dealkylation sites (tertiary alicyclic amines) is 1. The van der Waals surface area contributed by atoms with Crippen LogP contribution in [0.15, 0.2) is 23.1 Å². The van der Waals surface area contributed by atoms with E-state index < -0.39 is 10.0 Å². The molecule has 2 N–H and O–H groups in total. The fraction of sp³-hybridized carbons (Fsp3) is 0.588. The third-order valence-corrected chi connectivity index (χ3v) is 5.93. The second-order valence-electron chi connectivity index (χ2n) is 6.30. The Bertz CT molecular complexity index is 686. The van der Waals surface area contributed by atoms with Crippen LogP contribution in [0.3, 0.4) is 0 Å². The molecule has 0 spiro atoms. The molecule has 1 saturated heterocycles. The fourth-order valence-electron chi connectivity index (χ4n) is 3.15. The molecule has 6 nitrogen and oxygen atoms in total. The number of piperidine rings is 1. The number of nitrogens with one attached hydrogen (secondary N) is 2. The second kappa shape index (κ2) is 8.09. The lowest BCUT2D eigenvalue weighted by molar-refractivity contribution is 0.0673. The Balaban J connectivity index is 2.26. The van der Waals surface area contributed by atoms with Gasteiger partial charge in [0.05, 0.1) is 4.90 Å². The Morgan fingerprint density at radius 1 is 1.38 bits per heavy atom. The number of hydrogen-bond donors (Lipinski definition) is 2. The molecule has 1 aliphatic rings. The van der Waals surface area contributed by atoms with Crippen LogP contribution in [0.25, 0.3) is 0 Å².